The maximum Gasteiger partial charge on any atom is 0.243 e. The Balaban J connectivity index is 1.50. The number of likely N-dealkylation sites (tertiary alicyclic amines) is 1. The van der Waals surface area contributed by atoms with E-state index in [2.05, 4.69) is 16.8 Å². The summed E-state index contributed by atoms with van der Waals surface area (Å²) in [6.07, 6.45) is 4.01. The van der Waals surface area contributed by atoms with Crippen LogP contribution in [0.5, 0.6) is 0 Å². The van der Waals surface area contributed by atoms with Crippen molar-refractivity contribution in [1.82, 2.24) is 9.21 Å². The molecule has 0 atom stereocenters. The first-order valence-corrected chi connectivity index (χ1v) is 11.0. The van der Waals surface area contributed by atoms with E-state index in [0.717, 1.165) is 31.8 Å². The summed E-state index contributed by atoms with van der Waals surface area (Å²) in [7, 11) is -3.37. The van der Waals surface area contributed by atoms with Crippen LogP contribution in [-0.4, -0.2) is 56.3 Å². The summed E-state index contributed by atoms with van der Waals surface area (Å²) in [6, 6.07) is 8.67. The Kier molecular flexibility index (Phi) is 6.19. The van der Waals surface area contributed by atoms with E-state index in [-0.39, 0.29) is 0 Å². The number of hydrogen-bond acceptors (Lipinski definition) is 3. The molecular weight excluding hydrogens is 348 g/mol. The molecular formula is C19H30N4O2S. The van der Waals surface area contributed by atoms with Crippen LogP contribution in [0.1, 0.15) is 32.6 Å². The van der Waals surface area contributed by atoms with E-state index in [1.807, 2.05) is 6.07 Å². The molecule has 26 heavy (non-hydrogen) atoms. The molecule has 2 N–H and O–H groups in total. The summed E-state index contributed by atoms with van der Waals surface area (Å²) in [6.45, 7) is 6.06. The number of aliphatic imine (C=N–C) groups is 1. The minimum absolute atomic E-state index is 0.375. The monoisotopic (exact) mass is 378 g/mol. The molecule has 0 saturated carbocycles. The van der Waals surface area contributed by atoms with Crippen molar-refractivity contribution in [2.75, 3.05) is 32.7 Å². The molecule has 0 spiro atoms. The minimum atomic E-state index is -3.37. The zero-order valence-corrected chi connectivity index (χ0v) is 16.4. The topological polar surface area (TPSA) is 79.0 Å². The normalized spacial score (nSPS) is 21.9. The van der Waals surface area contributed by atoms with E-state index in [1.54, 1.807) is 28.6 Å². The number of piperidine rings is 2. The molecule has 0 amide bonds. The Morgan fingerprint density at radius 3 is 2.31 bits per heavy atom. The highest BCUT2D eigenvalue weighted by molar-refractivity contribution is 7.89. The van der Waals surface area contributed by atoms with E-state index in [0.29, 0.717) is 36.4 Å². The van der Waals surface area contributed by atoms with Crippen LogP contribution in [0.4, 0.5) is 0 Å². The van der Waals surface area contributed by atoms with Crippen molar-refractivity contribution in [3.8, 4) is 0 Å². The molecule has 2 fully saturated rings. The van der Waals surface area contributed by atoms with Crippen LogP contribution in [0.3, 0.4) is 0 Å². The van der Waals surface area contributed by atoms with Crippen LogP contribution in [0.25, 0.3) is 0 Å². The van der Waals surface area contributed by atoms with E-state index >= 15 is 0 Å². The zero-order valence-electron chi connectivity index (χ0n) is 15.5. The van der Waals surface area contributed by atoms with Crippen LogP contribution < -0.4 is 5.73 Å². The van der Waals surface area contributed by atoms with Gasteiger partial charge in [-0.25, -0.2) is 8.42 Å². The molecule has 0 bridgehead atoms. The summed E-state index contributed by atoms with van der Waals surface area (Å²) in [5, 5.41) is 0. The van der Waals surface area contributed by atoms with Gasteiger partial charge < -0.3 is 10.6 Å². The molecule has 2 saturated heterocycles. The fourth-order valence-corrected chi connectivity index (χ4v) is 5.12. The standard InChI is InChI=1S/C19H30N4O2S/c1-16-7-11-22(12-8-16)19(20)21-15-17-9-13-23(14-10-17)26(24,25)18-5-3-2-4-6-18/h2-6,16-17H,7-15H2,1H3,(H2,20,21). The first kappa shape index (κ1) is 19.2. The molecule has 6 nitrogen and oxygen atoms in total. The van der Waals surface area contributed by atoms with Gasteiger partial charge in [0, 0.05) is 32.7 Å². The minimum Gasteiger partial charge on any atom is -0.370 e. The van der Waals surface area contributed by atoms with E-state index in [9.17, 15) is 8.42 Å². The number of guanidine groups is 1. The lowest BCUT2D eigenvalue weighted by Gasteiger charge is -2.32. The summed E-state index contributed by atoms with van der Waals surface area (Å²) in [4.78, 5) is 7.14. The van der Waals surface area contributed by atoms with Gasteiger partial charge in [-0.15, -0.1) is 0 Å². The molecule has 0 aromatic heterocycles. The van der Waals surface area contributed by atoms with Gasteiger partial charge in [0.05, 0.1) is 4.90 Å². The number of hydrogen-bond donors (Lipinski definition) is 1. The van der Waals surface area contributed by atoms with Crippen molar-refractivity contribution in [2.24, 2.45) is 22.6 Å². The highest BCUT2D eigenvalue weighted by Gasteiger charge is 2.29. The van der Waals surface area contributed by atoms with E-state index in [1.165, 1.54) is 12.8 Å². The van der Waals surface area contributed by atoms with Gasteiger partial charge in [0.15, 0.2) is 5.96 Å². The number of rotatable bonds is 4. The Morgan fingerprint density at radius 2 is 1.69 bits per heavy atom. The molecule has 2 aliphatic heterocycles. The van der Waals surface area contributed by atoms with Crippen LogP contribution in [0, 0.1) is 11.8 Å². The van der Waals surface area contributed by atoms with Crippen LogP contribution in [0.2, 0.25) is 0 Å². The molecule has 7 heteroatoms. The summed E-state index contributed by atoms with van der Waals surface area (Å²) >= 11 is 0. The molecule has 2 aliphatic rings. The third-order valence-corrected chi connectivity index (χ3v) is 7.49. The fourth-order valence-electron chi connectivity index (χ4n) is 3.63. The lowest BCUT2D eigenvalue weighted by molar-refractivity contribution is 0.269. The number of nitrogens with two attached hydrogens (primary N) is 1. The Labute approximate surface area is 157 Å². The van der Waals surface area contributed by atoms with E-state index in [4.69, 9.17) is 5.73 Å². The SMILES string of the molecule is CC1CCN(C(N)=NCC2CCN(S(=O)(=O)c3ccccc3)CC2)CC1. The second kappa shape index (κ2) is 8.39. The van der Waals surface area contributed by atoms with Gasteiger partial charge in [0.2, 0.25) is 10.0 Å². The number of sulfonamides is 1. The van der Waals surface area contributed by atoms with Gasteiger partial charge in [-0.2, -0.15) is 4.31 Å². The molecule has 2 heterocycles. The summed E-state index contributed by atoms with van der Waals surface area (Å²) < 4.78 is 26.9. The lowest BCUT2D eigenvalue weighted by atomic mass is 9.98. The second-order valence-corrected chi connectivity index (χ2v) is 9.47. The van der Waals surface area contributed by atoms with Gasteiger partial charge in [-0.1, -0.05) is 25.1 Å². The van der Waals surface area contributed by atoms with Crippen LogP contribution in [0.15, 0.2) is 40.2 Å². The molecule has 0 unspecified atom stereocenters. The highest BCUT2D eigenvalue weighted by atomic mass is 32.2. The summed E-state index contributed by atoms with van der Waals surface area (Å²) in [5.74, 6) is 1.82. The van der Waals surface area contributed by atoms with Crippen molar-refractivity contribution < 1.29 is 8.42 Å². The van der Waals surface area contributed by atoms with Gasteiger partial charge >= 0.3 is 0 Å². The van der Waals surface area contributed by atoms with Gasteiger partial charge in [-0.05, 0) is 49.7 Å². The lowest BCUT2D eigenvalue weighted by Crippen LogP contribution is -2.43. The van der Waals surface area contributed by atoms with Gasteiger partial charge in [0.25, 0.3) is 0 Å². The van der Waals surface area contributed by atoms with Gasteiger partial charge in [0.1, 0.15) is 0 Å². The first-order chi connectivity index (χ1) is 12.5. The Bertz CT molecular complexity index is 704. The highest BCUT2D eigenvalue weighted by Crippen LogP contribution is 2.24. The van der Waals surface area contributed by atoms with Crippen molar-refractivity contribution in [3.05, 3.63) is 30.3 Å². The van der Waals surface area contributed by atoms with Crippen LogP contribution >= 0.6 is 0 Å². The summed E-state index contributed by atoms with van der Waals surface area (Å²) in [5.41, 5.74) is 6.15. The molecule has 0 radical (unpaired) electrons. The van der Waals surface area contributed by atoms with Crippen LogP contribution in [-0.2, 0) is 10.0 Å². The van der Waals surface area contributed by atoms with Gasteiger partial charge in [-0.3, -0.25) is 4.99 Å². The van der Waals surface area contributed by atoms with Crippen molar-refractivity contribution in [2.45, 2.75) is 37.5 Å². The second-order valence-electron chi connectivity index (χ2n) is 7.53. The third kappa shape index (κ3) is 4.57. The smallest absolute Gasteiger partial charge is 0.243 e. The average Bonchev–Trinajstić information content (AvgIpc) is 2.67. The van der Waals surface area contributed by atoms with Crippen molar-refractivity contribution in [3.63, 3.8) is 0 Å². The van der Waals surface area contributed by atoms with E-state index < -0.39 is 10.0 Å². The quantitative estimate of drug-likeness (QED) is 0.643. The Hall–Kier alpha value is -1.60. The molecule has 3 rings (SSSR count). The predicted molar refractivity (Wildman–Crippen MR) is 104 cm³/mol. The van der Waals surface area contributed by atoms with Crippen molar-refractivity contribution >= 4 is 16.0 Å². The molecule has 144 valence electrons. The fraction of sp³-hybridized carbons (Fsp3) is 0.632. The first-order valence-electron chi connectivity index (χ1n) is 9.57. The van der Waals surface area contributed by atoms with Crippen molar-refractivity contribution in [1.29, 1.82) is 0 Å². The third-order valence-electron chi connectivity index (χ3n) is 5.57. The largest absolute Gasteiger partial charge is 0.370 e. The molecule has 1 aromatic carbocycles. The molecule has 1 aromatic rings. The maximum absolute atomic E-state index is 12.7. The zero-order chi connectivity index (χ0) is 18.6. The molecule has 0 aliphatic carbocycles. The Morgan fingerprint density at radius 1 is 1.08 bits per heavy atom. The maximum atomic E-state index is 12.7. The predicted octanol–water partition coefficient (Wildman–Crippen LogP) is 2.13. The average molecular weight is 379 g/mol. The number of nitrogens with zero attached hydrogens (tertiary/aromatic N) is 3. The number of benzene rings is 1.